The lowest BCUT2D eigenvalue weighted by Crippen LogP contribution is -2.43. The van der Waals surface area contributed by atoms with Crippen LogP contribution < -0.4 is 5.32 Å². The van der Waals surface area contributed by atoms with Gasteiger partial charge in [0, 0.05) is 19.0 Å². The smallest absolute Gasteiger partial charge is 0.252 e. The number of nitrogens with one attached hydrogen (secondary N) is 1. The molecule has 1 N–H and O–H groups in total. The van der Waals surface area contributed by atoms with Gasteiger partial charge in [-0.3, -0.25) is 4.79 Å². The lowest BCUT2D eigenvalue weighted by Gasteiger charge is -2.30. The van der Waals surface area contributed by atoms with Crippen LogP contribution in [-0.4, -0.2) is 31.7 Å². The number of piperidine rings is 1. The number of benzene rings is 1. The lowest BCUT2D eigenvalue weighted by molar-refractivity contribution is -0.126. The van der Waals surface area contributed by atoms with Crippen LogP contribution in [0.15, 0.2) is 46.0 Å². The van der Waals surface area contributed by atoms with E-state index in [0.717, 1.165) is 12.0 Å². The molecule has 1 saturated heterocycles. The summed E-state index contributed by atoms with van der Waals surface area (Å²) in [5.41, 5.74) is 2.36. The summed E-state index contributed by atoms with van der Waals surface area (Å²) in [6.07, 6.45) is 2.10. The minimum Gasteiger partial charge on any atom is -0.349 e. The maximum atomic E-state index is 12.6. The highest BCUT2D eigenvalue weighted by atomic mass is 32.2. The van der Waals surface area contributed by atoms with E-state index in [2.05, 4.69) is 36.5 Å². The molecule has 1 aromatic heterocycles. The highest BCUT2D eigenvalue weighted by Gasteiger charge is 2.32. The van der Waals surface area contributed by atoms with Crippen LogP contribution in [0.2, 0.25) is 0 Å². The molecular weight excluding hydrogens is 380 g/mol. The average molecular weight is 407 g/mol. The molecular formula is C20H26N2O3S2. The van der Waals surface area contributed by atoms with Crippen molar-refractivity contribution in [1.82, 2.24) is 9.62 Å². The normalized spacial score (nSPS) is 17.6. The van der Waals surface area contributed by atoms with Crippen molar-refractivity contribution in [3.8, 4) is 0 Å². The maximum Gasteiger partial charge on any atom is 0.252 e. The van der Waals surface area contributed by atoms with Crippen molar-refractivity contribution in [2.24, 2.45) is 5.92 Å². The van der Waals surface area contributed by atoms with Crippen molar-refractivity contribution in [2.45, 2.75) is 43.4 Å². The molecule has 1 fully saturated rings. The van der Waals surface area contributed by atoms with Crippen LogP contribution in [0.3, 0.4) is 0 Å². The summed E-state index contributed by atoms with van der Waals surface area (Å²) in [4.78, 5) is 12.6. The van der Waals surface area contributed by atoms with Crippen molar-refractivity contribution in [3.05, 3.63) is 52.9 Å². The molecule has 0 saturated carbocycles. The van der Waals surface area contributed by atoms with Crippen molar-refractivity contribution < 1.29 is 13.2 Å². The molecule has 2 aromatic rings. The standard InChI is InChI=1S/C20H26N2O3S2/c1-3-16-6-8-17(9-7-16)15(2)21-20(23)18-10-12-22(13-11-18)27(24,25)19-5-4-14-26-19/h4-9,14-15,18H,3,10-13H2,1-2H3,(H,21,23). The zero-order valence-electron chi connectivity index (χ0n) is 15.7. The van der Waals surface area contributed by atoms with Gasteiger partial charge in [-0.1, -0.05) is 37.3 Å². The van der Waals surface area contributed by atoms with Gasteiger partial charge < -0.3 is 5.32 Å². The van der Waals surface area contributed by atoms with Crippen LogP contribution in [0.4, 0.5) is 0 Å². The van der Waals surface area contributed by atoms with Gasteiger partial charge in [-0.25, -0.2) is 8.42 Å². The molecule has 1 aromatic carbocycles. The Morgan fingerprint density at radius 3 is 2.44 bits per heavy atom. The van der Waals surface area contributed by atoms with Gasteiger partial charge in [0.25, 0.3) is 10.0 Å². The van der Waals surface area contributed by atoms with E-state index in [0.29, 0.717) is 30.1 Å². The van der Waals surface area contributed by atoms with E-state index in [-0.39, 0.29) is 17.9 Å². The monoisotopic (exact) mass is 406 g/mol. The highest BCUT2D eigenvalue weighted by Crippen LogP contribution is 2.27. The van der Waals surface area contributed by atoms with Crippen molar-refractivity contribution in [1.29, 1.82) is 0 Å². The van der Waals surface area contributed by atoms with Gasteiger partial charge in [0.05, 0.1) is 6.04 Å². The first-order valence-electron chi connectivity index (χ1n) is 9.34. The second kappa shape index (κ2) is 8.54. The third-order valence-electron chi connectivity index (χ3n) is 5.16. The number of carbonyl (C=O) groups is 1. The Labute approximate surface area is 165 Å². The molecule has 0 aliphatic carbocycles. The van der Waals surface area contributed by atoms with E-state index in [9.17, 15) is 13.2 Å². The summed E-state index contributed by atoms with van der Waals surface area (Å²) in [5, 5.41) is 4.85. The topological polar surface area (TPSA) is 66.5 Å². The average Bonchev–Trinajstić information content (AvgIpc) is 3.24. The molecule has 5 nitrogen and oxygen atoms in total. The molecule has 3 rings (SSSR count). The van der Waals surface area contributed by atoms with Gasteiger partial charge in [-0.05, 0) is 48.8 Å². The van der Waals surface area contributed by atoms with E-state index in [4.69, 9.17) is 0 Å². The fraction of sp³-hybridized carbons (Fsp3) is 0.450. The minimum absolute atomic E-state index is 0.00948. The quantitative estimate of drug-likeness (QED) is 0.797. The van der Waals surface area contributed by atoms with Gasteiger partial charge in [-0.15, -0.1) is 11.3 Å². The van der Waals surface area contributed by atoms with Gasteiger partial charge >= 0.3 is 0 Å². The predicted octanol–water partition coefficient (Wildman–Crippen LogP) is 3.59. The van der Waals surface area contributed by atoms with Crippen molar-refractivity contribution >= 4 is 27.3 Å². The molecule has 0 radical (unpaired) electrons. The Bertz CT molecular complexity index is 853. The number of rotatable bonds is 6. The van der Waals surface area contributed by atoms with E-state index >= 15 is 0 Å². The predicted molar refractivity (Wildman–Crippen MR) is 108 cm³/mol. The van der Waals surface area contributed by atoms with Crippen LogP contribution in [0.25, 0.3) is 0 Å². The first-order valence-corrected chi connectivity index (χ1v) is 11.7. The number of hydrogen-bond donors (Lipinski definition) is 1. The Kier molecular flexibility index (Phi) is 6.34. The number of sulfonamides is 1. The summed E-state index contributed by atoms with van der Waals surface area (Å²) < 4.78 is 27.0. The van der Waals surface area contributed by atoms with Crippen LogP contribution in [0.1, 0.15) is 43.9 Å². The van der Waals surface area contributed by atoms with Crippen LogP contribution >= 0.6 is 11.3 Å². The zero-order valence-corrected chi connectivity index (χ0v) is 17.4. The van der Waals surface area contributed by atoms with Crippen molar-refractivity contribution in [2.75, 3.05) is 13.1 Å². The number of nitrogens with zero attached hydrogens (tertiary/aromatic N) is 1. The molecule has 146 valence electrons. The van der Waals surface area contributed by atoms with Crippen LogP contribution in [-0.2, 0) is 21.2 Å². The number of carbonyl (C=O) groups excluding carboxylic acids is 1. The Balaban J connectivity index is 1.55. The SMILES string of the molecule is CCc1ccc(C(C)NC(=O)C2CCN(S(=O)(=O)c3cccs3)CC2)cc1. The third kappa shape index (κ3) is 4.59. The van der Waals surface area contributed by atoms with Gasteiger partial charge in [-0.2, -0.15) is 4.31 Å². The molecule has 1 aliphatic heterocycles. The van der Waals surface area contributed by atoms with Crippen LogP contribution in [0.5, 0.6) is 0 Å². The van der Waals surface area contributed by atoms with E-state index in [1.165, 1.54) is 21.2 Å². The highest BCUT2D eigenvalue weighted by molar-refractivity contribution is 7.91. The fourth-order valence-corrected chi connectivity index (χ4v) is 5.97. The minimum atomic E-state index is -3.42. The van der Waals surface area contributed by atoms with Gasteiger partial charge in [0.15, 0.2) is 0 Å². The molecule has 1 unspecified atom stereocenters. The molecule has 1 amide bonds. The van der Waals surface area contributed by atoms with Crippen molar-refractivity contribution in [3.63, 3.8) is 0 Å². The van der Waals surface area contributed by atoms with Gasteiger partial charge in [0.1, 0.15) is 4.21 Å². The summed E-state index contributed by atoms with van der Waals surface area (Å²) in [7, 11) is -3.42. The Morgan fingerprint density at radius 1 is 1.22 bits per heavy atom. The molecule has 1 aliphatic rings. The van der Waals surface area contributed by atoms with Gasteiger partial charge in [0.2, 0.25) is 5.91 Å². The second-order valence-electron chi connectivity index (χ2n) is 6.94. The lowest BCUT2D eigenvalue weighted by atomic mass is 9.96. The number of aryl methyl sites for hydroxylation is 1. The molecule has 7 heteroatoms. The number of amides is 1. The fourth-order valence-electron chi connectivity index (χ4n) is 3.35. The maximum absolute atomic E-state index is 12.6. The summed E-state index contributed by atoms with van der Waals surface area (Å²) in [6.45, 7) is 4.87. The summed E-state index contributed by atoms with van der Waals surface area (Å²) >= 11 is 1.23. The van der Waals surface area contributed by atoms with E-state index < -0.39 is 10.0 Å². The summed E-state index contributed by atoms with van der Waals surface area (Å²) in [5.74, 6) is -0.132. The first-order chi connectivity index (χ1) is 12.9. The largest absolute Gasteiger partial charge is 0.349 e. The van der Waals surface area contributed by atoms with E-state index in [1.54, 1.807) is 17.5 Å². The summed E-state index contributed by atoms with van der Waals surface area (Å²) in [6, 6.07) is 11.6. The molecule has 1 atom stereocenters. The number of thiophene rings is 1. The Morgan fingerprint density at radius 2 is 1.89 bits per heavy atom. The second-order valence-corrected chi connectivity index (χ2v) is 10.0. The molecule has 27 heavy (non-hydrogen) atoms. The van der Waals surface area contributed by atoms with Crippen LogP contribution in [0, 0.1) is 5.92 Å². The third-order valence-corrected chi connectivity index (χ3v) is 8.43. The zero-order chi connectivity index (χ0) is 19.4. The molecule has 0 bridgehead atoms. The Hall–Kier alpha value is -1.70. The first kappa shape index (κ1) is 20.0. The molecule has 2 heterocycles. The van der Waals surface area contributed by atoms with E-state index in [1.807, 2.05) is 6.92 Å². The number of hydrogen-bond acceptors (Lipinski definition) is 4. The molecule has 0 spiro atoms.